The standard InChI is InChI=1S/C7H12N2O2S/c1-5-3-8-7(12-5)9-4-6(10)11-2/h5H,3-4H2,1-2H3,(H,8,9). The zero-order valence-corrected chi connectivity index (χ0v) is 7.98. The smallest absolute Gasteiger partial charge is 0.325 e. The topological polar surface area (TPSA) is 50.7 Å². The predicted molar refractivity (Wildman–Crippen MR) is 49.4 cm³/mol. The van der Waals surface area contributed by atoms with Crippen LogP contribution in [0.5, 0.6) is 0 Å². The Morgan fingerprint density at radius 1 is 1.92 bits per heavy atom. The highest BCUT2D eigenvalue weighted by Crippen LogP contribution is 2.17. The van der Waals surface area contributed by atoms with Crippen molar-refractivity contribution in [3.05, 3.63) is 0 Å². The number of carbonyl (C=O) groups is 1. The third kappa shape index (κ3) is 2.73. The molecule has 0 aromatic rings. The summed E-state index contributed by atoms with van der Waals surface area (Å²) in [6.45, 7) is 3.13. The van der Waals surface area contributed by atoms with Crippen LogP contribution in [0.3, 0.4) is 0 Å². The van der Waals surface area contributed by atoms with E-state index in [0.717, 1.165) is 11.7 Å². The summed E-state index contributed by atoms with van der Waals surface area (Å²) in [7, 11) is 1.37. The fraction of sp³-hybridized carbons (Fsp3) is 0.714. The van der Waals surface area contributed by atoms with Gasteiger partial charge in [-0.1, -0.05) is 18.7 Å². The van der Waals surface area contributed by atoms with Gasteiger partial charge in [-0.15, -0.1) is 0 Å². The van der Waals surface area contributed by atoms with Gasteiger partial charge in [0, 0.05) is 5.25 Å². The molecule has 0 spiro atoms. The van der Waals surface area contributed by atoms with Crippen molar-refractivity contribution in [2.24, 2.45) is 4.99 Å². The number of amidine groups is 1. The van der Waals surface area contributed by atoms with Gasteiger partial charge in [-0.25, -0.2) is 0 Å². The fourth-order valence-corrected chi connectivity index (χ4v) is 1.63. The van der Waals surface area contributed by atoms with Crippen LogP contribution in [0.4, 0.5) is 0 Å². The first kappa shape index (κ1) is 9.38. The fourth-order valence-electron chi connectivity index (χ4n) is 0.794. The van der Waals surface area contributed by atoms with E-state index in [0.29, 0.717) is 5.25 Å². The van der Waals surface area contributed by atoms with Crippen molar-refractivity contribution in [3.63, 3.8) is 0 Å². The van der Waals surface area contributed by atoms with Crippen molar-refractivity contribution in [1.82, 2.24) is 5.32 Å². The van der Waals surface area contributed by atoms with Crippen molar-refractivity contribution >= 4 is 22.9 Å². The first-order valence-electron chi connectivity index (χ1n) is 3.74. The van der Waals surface area contributed by atoms with E-state index in [9.17, 15) is 4.79 Å². The Morgan fingerprint density at radius 3 is 3.17 bits per heavy atom. The van der Waals surface area contributed by atoms with E-state index in [1.54, 1.807) is 11.8 Å². The molecule has 0 fully saturated rings. The minimum atomic E-state index is -0.266. The Morgan fingerprint density at radius 2 is 2.67 bits per heavy atom. The summed E-state index contributed by atoms with van der Waals surface area (Å²) < 4.78 is 4.47. The maximum atomic E-state index is 10.7. The van der Waals surface area contributed by atoms with Crippen molar-refractivity contribution in [2.75, 3.05) is 20.2 Å². The molecule has 1 N–H and O–H groups in total. The molecule has 1 unspecified atom stereocenters. The number of hydrogen-bond donors (Lipinski definition) is 1. The Hall–Kier alpha value is -0.710. The zero-order valence-electron chi connectivity index (χ0n) is 7.16. The molecule has 4 nitrogen and oxygen atoms in total. The average Bonchev–Trinajstić information content (AvgIpc) is 2.47. The van der Waals surface area contributed by atoms with Crippen LogP contribution in [-0.4, -0.2) is 36.6 Å². The van der Waals surface area contributed by atoms with E-state index in [1.165, 1.54) is 7.11 Å². The lowest BCUT2D eigenvalue weighted by atomic mass is 10.5. The van der Waals surface area contributed by atoms with Gasteiger partial charge < -0.3 is 10.1 Å². The molecule has 0 aromatic carbocycles. The number of thioether (sulfide) groups is 1. The van der Waals surface area contributed by atoms with Gasteiger partial charge in [0.25, 0.3) is 0 Å². The third-order valence-corrected chi connectivity index (χ3v) is 2.46. The molecule has 68 valence electrons. The Bertz CT molecular complexity index is 206. The number of aliphatic imine (C=N–C) groups is 1. The van der Waals surface area contributed by atoms with E-state index in [-0.39, 0.29) is 12.5 Å². The summed E-state index contributed by atoms with van der Waals surface area (Å²) in [5.41, 5.74) is 0. The van der Waals surface area contributed by atoms with Gasteiger partial charge in [-0.3, -0.25) is 9.79 Å². The van der Waals surface area contributed by atoms with Gasteiger partial charge >= 0.3 is 5.97 Å². The molecule has 0 bridgehead atoms. The zero-order chi connectivity index (χ0) is 8.97. The highest BCUT2D eigenvalue weighted by Gasteiger charge is 2.14. The molecular weight excluding hydrogens is 176 g/mol. The average molecular weight is 188 g/mol. The van der Waals surface area contributed by atoms with Gasteiger partial charge in [0.05, 0.1) is 13.7 Å². The van der Waals surface area contributed by atoms with E-state index >= 15 is 0 Å². The van der Waals surface area contributed by atoms with Gasteiger partial charge in [0.1, 0.15) is 6.54 Å². The largest absolute Gasteiger partial charge is 0.468 e. The van der Waals surface area contributed by atoms with Crippen LogP contribution in [0.25, 0.3) is 0 Å². The highest BCUT2D eigenvalue weighted by atomic mass is 32.2. The number of hydrogen-bond acceptors (Lipinski definition) is 5. The van der Waals surface area contributed by atoms with Crippen LogP contribution in [0.2, 0.25) is 0 Å². The number of nitrogens with zero attached hydrogens (tertiary/aromatic N) is 1. The SMILES string of the molecule is COC(=O)CNC1=NCC(C)S1. The van der Waals surface area contributed by atoms with E-state index in [4.69, 9.17) is 0 Å². The maximum absolute atomic E-state index is 10.7. The monoisotopic (exact) mass is 188 g/mol. The first-order chi connectivity index (χ1) is 5.72. The third-order valence-electron chi connectivity index (χ3n) is 1.42. The molecule has 1 aliphatic heterocycles. The van der Waals surface area contributed by atoms with Gasteiger partial charge in [0.2, 0.25) is 0 Å². The summed E-state index contributed by atoms with van der Waals surface area (Å²) in [5.74, 6) is -0.266. The Labute approximate surface area is 75.8 Å². The van der Waals surface area contributed by atoms with E-state index in [1.807, 2.05) is 0 Å². The number of carbonyl (C=O) groups excluding carboxylic acids is 1. The second kappa shape index (κ2) is 4.35. The summed E-state index contributed by atoms with van der Waals surface area (Å²) in [4.78, 5) is 14.9. The molecule has 0 amide bonds. The predicted octanol–water partition coefficient (Wildman–Crippen LogP) is 0.240. The molecule has 1 heterocycles. The van der Waals surface area contributed by atoms with Crippen molar-refractivity contribution in [1.29, 1.82) is 0 Å². The second-order valence-corrected chi connectivity index (χ2v) is 3.93. The second-order valence-electron chi connectivity index (χ2n) is 2.50. The number of rotatable bonds is 2. The number of esters is 1. The highest BCUT2D eigenvalue weighted by molar-refractivity contribution is 8.14. The summed E-state index contributed by atoms with van der Waals surface area (Å²) in [6, 6.07) is 0. The summed E-state index contributed by atoms with van der Waals surface area (Å²) in [5, 5.41) is 4.26. The van der Waals surface area contributed by atoms with Crippen LogP contribution in [0, 0.1) is 0 Å². The quantitative estimate of drug-likeness (QED) is 0.631. The number of ether oxygens (including phenoxy) is 1. The maximum Gasteiger partial charge on any atom is 0.325 e. The molecular formula is C7H12N2O2S. The van der Waals surface area contributed by atoms with E-state index < -0.39 is 0 Å². The Balaban J connectivity index is 2.20. The van der Waals surface area contributed by atoms with Crippen LogP contribution >= 0.6 is 11.8 Å². The van der Waals surface area contributed by atoms with Gasteiger partial charge in [0.15, 0.2) is 5.17 Å². The lowest BCUT2D eigenvalue weighted by Gasteiger charge is -2.03. The minimum Gasteiger partial charge on any atom is -0.468 e. The van der Waals surface area contributed by atoms with Crippen molar-refractivity contribution < 1.29 is 9.53 Å². The van der Waals surface area contributed by atoms with E-state index in [2.05, 4.69) is 22.0 Å². The molecule has 1 rings (SSSR count). The summed E-state index contributed by atoms with van der Waals surface area (Å²) >= 11 is 1.65. The first-order valence-corrected chi connectivity index (χ1v) is 4.62. The molecule has 12 heavy (non-hydrogen) atoms. The van der Waals surface area contributed by atoms with Crippen LogP contribution < -0.4 is 5.32 Å². The normalized spacial score (nSPS) is 21.8. The van der Waals surface area contributed by atoms with Crippen LogP contribution in [0.1, 0.15) is 6.92 Å². The molecule has 0 saturated carbocycles. The summed E-state index contributed by atoms with van der Waals surface area (Å²) in [6.07, 6.45) is 0. The number of methoxy groups -OCH3 is 1. The van der Waals surface area contributed by atoms with Gasteiger partial charge in [-0.2, -0.15) is 0 Å². The Kier molecular flexibility index (Phi) is 3.40. The van der Waals surface area contributed by atoms with Crippen molar-refractivity contribution in [3.8, 4) is 0 Å². The van der Waals surface area contributed by atoms with Crippen LogP contribution in [0.15, 0.2) is 4.99 Å². The minimum absolute atomic E-state index is 0.203. The molecule has 0 aromatic heterocycles. The van der Waals surface area contributed by atoms with Crippen molar-refractivity contribution in [2.45, 2.75) is 12.2 Å². The number of nitrogens with one attached hydrogen (secondary N) is 1. The molecule has 0 radical (unpaired) electrons. The molecule has 0 saturated heterocycles. The van der Waals surface area contributed by atoms with Crippen LogP contribution in [-0.2, 0) is 9.53 Å². The molecule has 1 aliphatic rings. The van der Waals surface area contributed by atoms with Gasteiger partial charge in [-0.05, 0) is 0 Å². The lowest BCUT2D eigenvalue weighted by molar-refractivity contribution is -0.139. The molecule has 0 aliphatic carbocycles. The lowest BCUT2D eigenvalue weighted by Crippen LogP contribution is -2.27. The molecule has 1 atom stereocenters. The molecule has 5 heteroatoms.